The van der Waals surface area contributed by atoms with Crippen molar-refractivity contribution >= 4 is 35.3 Å². The lowest BCUT2D eigenvalue weighted by molar-refractivity contribution is -0.140. The molecule has 3 rings (SSSR count). The van der Waals surface area contributed by atoms with Crippen LogP contribution in [0.4, 0.5) is 0 Å². The Labute approximate surface area is 154 Å². The molecule has 1 aromatic rings. The van der Waals surface area contributed by atoms with Gasteiger partial charge in [-0.2, -0.15) is 0 Å². The smallest absolute Gasteiger partial charge is 0.246 e. The topological polar surface area (TPSA) is 138 Å². The summed E-state index contributed by atoms with van der Waals surface area (Å²) in [5, 5.41) is 2.76. The molecule has 9 nitrogen and oxygen atoms in total. The van der Waals surface area contributed by atoms with E-state index >= 15 is 0 Å². The largest absolute Gasteiger partial charge is 0.368 e. The zero-order valence-electron chi connectivity index (χ0n) is 14.1. The summed E-state index contributed by atoms with van der Waals surface area (Å²) in [5.74, 6) is -0.786. The molecule has 2 heterocycles. The summed E-state index contributed by atoms with van der Waals surface area (Å²) >= 11 is 1.44. The van der Waals surface area contributed by atoms with E-state index in [0.29, 0.717) is 30.2 Å². The summed E-state index contributed by atoms with van der Waals surface area (Å²) in [6.07, 6.45) is 4.43. The fraction of sp³-hybridized carbons (Fsp3) is 0.562. The van der Waals surface area contributed by atoms with E-state index in [-0.39, 0.29) is 30.4 Å². The first-order valence-corrected chi connectivity index (χ1v) is 9.58. The number of nitrogens with two attached hydrogens (primary N) is 1. The van der Waals surface area contributed by atoms with E-state index in [0.717, 1.165) is 0 Å². The Bertz CT molecular complexity index is 708. The maximum atomic E-state index is 13.0. The predicted octanol–water partition coefficient (Wildman–Crippen LogP) is -0.807. The van der Waals surface area contributed by atoms with Gasteiger partial charge in [0, 0.05) is 37.1 Å². The minimum absolute atomic E-state index is 0.0602. The molecule has 2 unspecified atom stereocenters. The minimum atomic E-state index is -0.859. The number of primary amides is 1. The number of amides is 3. The maximum absolute atomic E-state index is 13.0. The number of Topliss-reactive ketones (excluding diaryl/α,β-unsaturated/α-hetero) is 1. The molecule has 3 amide bonds. The molecule has 10 heteroatoms. The third-order valence-electron chi connectivity index (χ3n) is 4.69. The molecule has 1 saturated heterocycles. The Balaban J connectivity index is 1.74. The highest BCUT2D eigenvalue weighted by Gasteiger charge is 2.38. The molecule has 4 N–H and O–H groups in total. The van der Waals surface area contributed by atoms with Crippen LogP contribution in [0.1, 0.15) is 25.0 Å². The molecule has 2 fully saturated rings. The molecule has 0 bridgehead atoms. The summed E-state index contributed by atoms with van der Waals surface area (Å²) in [6.45, 7) is 0. The molecule has 26 heavy (non-hydrogen) atoms. The van der Waals surface area contributed by atoms with Crippen molar-refractivity contribution in [1.29, 1.82) is 0 Å². The molecule has 3 atom stereocenters. The van der Waals surface area contributed by atoms with Gasteiger partial charge in [-0.25, -0.2) is 4.98 Å². The average molecular weight is 379 g/mol. The van der Waals surface area contributed by atoms with Crippen molar-refractivity contribution in [2.45, 2.75) is 37.8 Å². The number of imidazole rings is 1. The van der Waals surface area contributed by atoms with Crippen molar-refractivity contribution in [3.8, 4) is 0 Å². The van der Waals surface area contributed by atoms with E-state index in [2.05, 4.69) is 15.3 Å². The third-order valence-corrected chi connectivity index (χ3v) is 5.71. The fourth-order valence-electron chi connectivity index (χ4n) is 3.24. The van der Waals surface area contributed by atoms with Gasteiger partial charge in [-0.05, 0) is 6.42 Å². The molecule has 1 aliphatic carbocycles. The van der Waals surface area contributed by atoms with Crippen LogP contribution >= 0.6 is 11.8 Å². The van der Waals surface area contributed by atoms with E-state index in [1.807, 2.05) is 0 Å². The second kappa shape index (κ2) is 7.90. The van der Waals surface area contributed by atoms with Crippen molar-refractivity contribution in [2.75, 3.05) is 11.6 Å². The number of ketones is 1. The SMILES string of the molecule is NC(=O)C1CSCN1C(=O)[C@H](Cc1c[nH]cn1)NC(=O)C1CCC(=O)C1. The summed E-state index contributed by atoms with van der Waals surface area (Å²) < 4.78 is 0. The lowest BCUT2D eigenvalue weighted by atomic mass is 10.0. The van der Waals surface area contributed by atoms with Gasteiger partial charge in [-0.1, -0.05) is 0 Å². The van der Waals surface area contributed by atoms with Gasteiger partial charge in [0.1, 0.15) is 17.9 Å². The quantitative estimate of drug-likeness (QED) is 0.591. The number of nitrogens with one attached hydrogen (secondary N) is 2. The number of thioether (sulfide) groups is 1. The first-order chi connectivity index (χ1) is 12.5. The second-order valence-corrected chi connectivity index (χ2v) is 7.53. The number of carbonyl (C=O) groups is 4. The molecule has 1 saturated carbocycles. The van der Waals surface area contributed by atoms with Gasteiger partial charge in [0.2, 0.25) is 17.7 Å². The Morgan fingerprint density at radius 3 is 2.88 bits per heavy atom. The van der Waals surface area contributed by atoms with Crippen LogP contribution in [-0.4, -0.2) is 62.1 Å². The highest BCUT2D eigenvalue weighted by molar-refractivity contribution is 7.99. The fourth-order valence-corrected chi connectivity index (χ4v) is 4.41. The molecule has 0 spiro atoms. The van der Waals surface area contributed by atoms with Crippen molar-refractivity contribution in [3.05, 3.63) is 18.2 Å². The van der Waals surface area contributed by atoms with Gasteiger partial charge in [0.25, 0.3) is 0 Å². The van der Waals surface area contributed by atoms with Gasteiger partial charge in [-0.15, -0.1) is 11.8 Å². The van der Waals surface area contributed by atoms with Crippen molar-refractivity contribution in [1.82, 2.24) is 20.2 Å². The number of aromatic amines is 1. The third kappa shape index (κ3) is 4.06. The van der Waals surface area contributed by atoms with Crippen LogP contribution in [-0.2, 0) is 25.6 Å². The van der Waals surface area contributed by atoms with Gasteiger partial charge < -0.3 is 20.9 Å². The lowest BCUT2D eigenvalue weighted by Gasteiger charge is -2.27. The van der Waals surface area contributed by atoms with Crippen molar-refractivity contribution < 1.29 is 19.2 Å². The number of rotatable bonds is 6. The maximum Gasteiger partial charge on any atom is 0.246 e. The van der Waals surface area contributed by atoms with Gasteiger partial charge >= 0.3 is 0 Å². The molecule has 0 aromatic carbocycles. The van der Waals surface area contributed by atoms with Crippen molar-refractivity contribution in [3.63, 3.8) is 0 Å². The van der Waals surface area contributed by atoms with E-state index in [4.69, 9.17) is 5.73 Å². The monoisotopic (exact) mass is 379 g/mol. The Morgan fingerprint density at radius 1 is 1.46 bits per heavy atom. The second-order valence-electron chi connectivity index (χ2n) is 6.53. The zero-order valence-corrected chi connectivity index (χ0v) is 15.0. The Kier molecular flexibility index (Phi) is 5.60. The number of hydrogen-bond acceptors (Lipinski definition) is 6. The summed E-state index contributed by atoms with van der Waals surface area (Å²) in [4.78, 5) is 56.9. The van der Waals surface area contributed by atoms with Crippen LogP contribution < -0.4 is 11.1 Å². The number of aromatic nitrogens is 2. The minimum Gasteiger partial charge on any atom is -0.368 e. The van der Waals surface area contributed by atoms with Crippen LogP contribution in [0.3, 0.4) is 0 Å². The number of H-pyrrole nitrogens is 1. The lowest BCUT2D eigenvalue weighted by Crippen LogP contribution is -2.54. The van der Waals surface area contributed by atoms with Crippen LogP contribution in [0.5, 0.6) is 0 Å². The first kappa shape index (κ1) is 18.4. The van der Waals surface area contributed by atoms with Crippen LogP contribution in [0, 0.1) is 5.92 Å². The molecule has 2 aliphatic rings. The summed E-state index contributed by atoms with van der Waals surface area (Å²) in [5.41, 5.74) is 6.01. The Hall–Kier alpha value is -2.36. The highest BCUT2D eigenvalue weighted by Crippen LogP contribution is 2.24. The zero-order chi connectivity index (χ0) is 18.7. The van der Waals surface area contributed by atoms with Gasteiger partial charge in [0.15, 0.2) is 0 Å². The molecule has 1 aromatic heterocycles. The van der Waals surface area contributed by atoms with Gasteiger partial charge in [0.05, 0.1) is 17.9 Å². The standard InChI is InChI=1S/C16H21N5O4S/c17-14(23)13-6-26-8-21(13)16(25)12(4-10-5-18-7-19-10)20-15(24)9-1-2-11(22)3-9/h5,7,9,12-13H,1-4,6,8H2,(H2,17,23)(H,18,19)(H,20,24)/t9?,12-,13?/m0/s1. The predicted molar refractivity (Wildman–Crippen MR) is 93.7 cm³/mol. The molecular weight excluding hydrogens is 358 g/mol. The van der Waals surface area contributed by atoms with Crippen LogP contribution in [0.15, 0.2) is 12.5 Å². The first-order valence-electron chi connectivity index (χ1n) is 8.43. The van der Waals surface area contributed by atoms with E-state index in [1.165, 1.54) is 23.0 Å². The van der Waals surface area contributed by atoms with Crippen LogP contribution in [0.25, 0.3) is 0 Å². The van der Waals surface area contributed by atoms with Crippen molar-refractivity contribution in [2.24, 2.45) is 11.7 Å². The molecule has 1 aliphatic heterocycles. The molecular formula is C16H21N5O4S. The average Bonchev–Trinajstić information content (AvgIpc) is 3.34. The number of nitrogens with zero attached hydrogens (tertiary/aromatic N) is 2. The van der Waals surface area contributed by atoms with Gasteiger partial charge in [-0.3, -0.25) is 19.2 Å². The number of hydrogen-bond donors (Lipinski definition) is 3. The Morgan fingerprint density at radius 2 is 2.27 bits per heavy atom. The molecule has 0 radical (unpaired) electrons. The number of carbonyl (C=O) groups excluding carboxylic acids is 4. The van der Waals surface area contributed by atoms with E-state index in [1.54, 1.807) is 6.20 Å². The normalized spacial score (nSPS) is 23.8. The summed E-state index contributed by atoms with van der Waals surface area (Å²) in [7, 11) is 0. The van der Waals surface area contributed by atoms with E-state index in [9.17, 15) is 19.2 Å². The molecule has 140 valence electrons. The van der Waals surface area contributed by atoms with Crippen LogP contribution in [0.2, 0.25) is 0 Å². The van der Waals surface area contributed by atoms with E-state index < -0.39 is 23.9 Å². The highest BCUT2D eigenvalue weighted by atomic mass is 32.2. The summed E-state index contributed by atoms with van der Waals surface area (Å²) in [6, 6.07) is -1.54.